The molecule has 0 aliphatic carbocycles. The molecule has 1 aliphatic rings. The predicted molar refractivity (Wildman–Crippen MR) is 300 cm³/mol. The minimum atomic E-state index is 1.10. The second-order valence-corrected chi connectivity index (χ2v) is 18.5. The third-order valence-corrected chi connectivity index (χ3v) is 14.5. The fourth-order valence-electron chi connectivity index (χ4n) is 11.2. The van der Waals surface area contributed by atoms with Crippen LogP contribution in [0.1, 0.15) is 0 Å². The molecular formula is C68H45N3. The molecule has 3 nitrogen and oxygen atoms in total. The van der Waals surface area contributed by atoms with Crippen LogP contribution in [0.25, 0.3) is 93.5 Å². The molecule has 0 radical (unpaired) electrons. The molecule has 0 bridgehead atoms. The van der Waals surface area contributed by atoms with E-state index in [1.807, 2.05) is 0 Å². The zero-order valence-electron chi connectivity index (χ0n) is 38.8. The van der Waals surface area contributed by atoms with Crippen molar-refractivity contribution in [1.29, 1.82) is 0 Å². The van der Waals surface area contributed by atoms with E-state index in [0.29, 0.717) is 0 Å². The third-order valence-electron chi connectivity index (χ3n) is 14.5. The molecule has 0 N–H and O–H groups in total. The number of aromatic nitrogens is 1. The van der Waals surface area contributed by atoms with E-state index in [-0.39, 0.29) is 0 Å². The van der Waals surface area contributed by atoms with Crippen LogP contribution < -0.4 is 9.80 Å². The van der Waals surface area contributed by atoms with Gasteiger partial charge in [-0.15, -0.1) is 0 Å². The van der Waals surface area contributed by atoms with Crippen molar-refractivity contribution >= 4 is 77.5 Å². The van der Waals surface area contributed by atoms with Crippen LogP contribution in [0.15, 0.2) is 273 Å². The molecule has 0 atom stereocenters. The Balaban J connectivity index is 0.927. The lowest BCUT2D eigenvalue weighted by molar-refractivity contribution is 1.19. The lowest BCUT2D eigenvalue weighted by Crippen LogP contribution is -2.10. The summed E-state index contributed by atoms with van der Waals surface area (Å²) < 4.78 is 2.51. The second-order valence-electron chi connectivity index (χ2n) is 18.5. The van der Waals surface area contributed by atoms with Gasteiger partial charge < -0.3 is 14.4 Å². The summed E-state index contributed by atoms with van der Waals surface area (Å²) in [6.45, 7) is 0. The minimum Gasteiger partial charge on any atom is -0.310 e. The molecule has 14 rings (SSSR count). The van der Waals surface area contributed by atoms with Gasteiger partial charge in [0.2, 0.25) is 0 Å². The molecule has 1 aliphatic heterocycles. The molecule has 332 valence electrons. The minimum absolute atomic E-state index is 1.10. The van der Waals surface area contributed by atoms with Crippen molar-refractivity contribution in [2.45, 2.75) is 0 Å². The van der Waals surface area contributed by atoms with Crippen LogP contribution >= 0.6 is 0 Å². The molecule has 0 saturated carbocycles. The molecule has 3 heteroatoms. The Labute approximate surface area is 413 Å². The molecule has 0 unspecified atom stereocenters. The van der Waals surface area contributed by atoms with E-state index in [2.05, 4.69) is 287 Å². The van der Waals surface area contributed by atoms with Crippen molar-refractivity contribution in [1.82, 2.24) is 4.57 Å². The number of hydrogen-bond donors (Lipinski definition) is 0. The van der Waals surface area contributed by atoms with Gasteiger partial charge in [0.15, 0.2) is 0 Å². The highest BCUT2D eigenvalue weighted by Crippen LogP contribution is 2.49. The predicted octanol–water partition coefficient (Wildman–Crippen LogP) is 19.0. The van der Waals surface area contributed by atoms with Gasteiger partial charge in [0, 0.05) is 55.4 Å². The van der Waals surface area contributed by atoms with Crippen LogP contribution in [0.4, 0.5) is 34.1 Å². The number of hydrogen-bond acceptors (Lipinski definition) is 2. The Kier molecular flexibility index (Phi) is 9.53. The van der Waals surface area contributed by atoms with E-state index in [1.165, 1.54) is 93.5 Å². The number of fused-ring (bicyclic) bond motifs is 10. The van der Waals surface area contributed by atoms with Crippen molar-refractivity contribution in [3.8, 4) is 50.2 Å². The molecule has 0 spiro atoms. The maximum absolute atomic E-state index is 2.51. The van der Waals surface area contributed by atoms with Crippen molar-refractivity contribution < 1.29 is 0 Å². The lowest BCUT2D eigenvalue weighted by Gasteiger charge is -2.27. The molecule has 12 aromatic carbocycles. The van der Waals surface area contributed by atoms with Crippen LogP contribution in [0.3, 0.4) is 0 Å². The van der Waals surface area contributed by atoms with Crippen LogP contribution in [0, 0.1) is 0 Å². The average molecular weight is 904 g/mol. The highest BCUT2D eigenvalue weighted by atomic mass is 15.1. The topological polar surface area (TPSA) is 11.4 Å². The molecule has 2 heterocycles. The number of anilines is 6. The van der Waals surface area contributed by atoms with Gasteiger partial charge in [-0.3, -0.25) is 0 Å². The molecule has 13 aromatic rings. The first-order valence-electron chi connectivity index (χ1n) is 24.4. The maximum Gasteiger partial charge on any atom is 0.0620 e. The van der Waals surface area contributed by atoms with Gasteiger partial charge in [-0.1, -0.05) is 182 Å². The Bertz CT molecular complexity index is 4140. The Morgan fingerprint density at radius 3 is 1.28 bits per heavy atom. The summed E-state index contributed by atoms with van der Waals surface area (Å²) in [7, 11) is 0. The highest BCUT2D eigenvalue weighted by molar-refractivity contribution is 6.18. The quantitative estimate of drug-likeness (QED) is 0.151. The third kappa shape index (κ3) is 6.74. The van der Waals surface area contributed by atoms with Gasteiger partial charge in [0.05, 0.1) is 28.1 Å². The van der Waals surface area contributed by atoms with Gasteiger partial charge in [-0.25, -0.2) is 0 Å². The molecule has 1 aromatic heterocycles. The maximum atomic E-state index is 2.51. The summed E-state index contributed by atoms with van der Waals surface area (Å²) in [6.07, 6.45) is 0. The zero-order valence-corrected chi connectivity index (χ0v) is 38.8. The second kappa shape index (κ2) is 16.7. The first-order valence-corrected chi connectivity index (χ1v) is 24.4. The summed E-state index contributed by atoms with van der Waals surface area (Å²) in [5.74, 6) is 0. The molecular weight excluding hydrogens is 859 g/mol. The van der Waals surface area contributed by atoms with Gasteiger partial charge >= 0.3 is 0 Å². The molecule has 0 saturated heterocycles. The van der Waals surface area contributed by atoms with Crippen molar-refractivity contribution in [2.24, 2.45) is 0 Å². The van der Waals surface area contributed by atoms with Crippen LogP contribution in [-0.4, -0.2) is 4.57 Å². The Morgan fingerprint density at radius 2 is 0.690 bits per heavy atom. The normalized spacial score (nSPS) is 11.7. The van der Waals surface area contributed by atoms with Gasteiger partial charge in [0.25, 0.3) is 0 Å². The van der Waals surface area contributed by atoms with E-state index in [1.54, 1.807) is 0 Å². The van der Waals surface area contributed by atoms with Gasteiger partial charge in [-0.05, 0) is 135 Å². The van der Waals surface area contributed by atoms with Crippen molar-refractivity contribution in [3.05, 3.63) is 273 Å². The number of nitrogens with zero attached hydrogens (tertiary/aromatic N) is 3. The SMILES string of the molecule is c1ccc(N(c2ccc(-c3ccc4c(c3)c3cc(-c5ccc(N(c6ccccc6)c6cccc7ccccc67)cc5)cc5c3n4-c3ccccc3-c3ccccc3-5)cc2)c2cccc3ccccc23)cc1. The monoisotopic (exact) mass is 903 g/mol. The highest BCUT2D eigenvalue weighted by Gasteiger charge is 2.26. The summed E-state index contributed by atoms with van der Waals surface area (Å²) >= 11 is 0. The van der Waals surface area contributed by atoms with Gasteiger partial charge in [0.1, 0.15) is 0 Å². The number of benzene rings is 12. The summed E-state index contributed by atoms with van der Waals surface area (Å²) in [5, 5.41) is 7.32. The largest absolute Gasteiger partial charge is 0.310 e. The van der Waals surface area contributed by atoms with E-state index < -0.39 is 0 Å². The van der Waals surface area contributed by atoms with Crippen LogP contribution in [-0.2, 0) is 0 Å². The first-order chi connectivity index (χ1) is 35.2. The fraction of sp³-hybridized carbons (Fsp3) is 0. The Morgan fingerprint density at radius 1 is 0.254 bits per heavy atom. The first kappa shape index (κ1) is 40.6. The van der Waals surface area contributed by atoms with Crippen LogP contribution in [0.5, 0.6) is 0 Å². The smallest absolute Gasteiger partial charge is 0.0620 e. The van der Waals surface area contributed by atoms with E-state index in [0.717, 1.165) is 34.1 Å². The summed E-state index contributed by atoms with van der Waals surface area (Å²) in [5.41, 5.74) is 20.0. The average Bonchev–Trinajstić information content (AvgIpc) is 3.71. The fourth-order valence-corrected chi connectivity index (χ4v) is 11.2. The molecule has 71 heavy (non-hydrogen) atoms. The van der Waals surface area contributed by atoms with Crippen molar-refractivity contribution in [2.75, 3.05) is 9.80 Å². The number of para-hydroxylation sites is 3. The van der Waals surface area contributed by atoms with E-state index in [4.69, 9.17) is 0 Å². The molecule has 0 fully saturated rings. The lowest BCUT2D eigenvalue weighted by atomic mass is 9.91. The number of rotatable bonds is 8. The zero-order chi connectivity index (χ0) is 46.8. The standard InChI is InChI=1S/C68H45N3/c1-3-21-52(22-4-1)69(64-31-15-19-48-17-7-9-25-56(48)64)54-38-33-46(34-39-54)50-37-42-67-61(43-50)63-45-51(44-62-59-28-12-11-27-58(59)60-29-13-14-30-66(60)71(67)68(62)63)47-35-40-55(41-36-47)70(53-23-5-2-6-24-53)65-32-16-20-49-18-8-10-26-57(49)65/h1-45H. The van der Waals surface area contributed by atoms with Crippen LogP contribution in [0.2, 0.25) is 0 Å². The van der Waals surface area contributed by atoms with E-state index >= 15 is 0 Å². The summed E-state index contributed by atoms with van der Waals surface area (Å²) in [6, 6.07) is 99.8. The molecule has 0 amide bonds. The van der Waals surface area contributed by atoms with Crippen molar-refractivity contribution in [3.63, 3.8) is 0 Å². The summed E-state index contributed by atoms with van der Waals surface area (Å²) in [4.78, 5) is 4.75. The van der Waals surface area contributed by atoms with Gasteiger partial charge in [-0.2, -0.15) is 0 Å². The van der Waals surface area contributed by atoms with E-state index in [9.17, 15) is 0 Å². The Hall–Kier alpha value is -9.44.